The summed E-state index contributed by atoms with van der Waals surface area (Å²) >= 11 is 1.61. The van der Waals surface area contributed by atoms with Crippen LogP contribution in [0.2, 0.25) is 0 Å². The van der Waals surface area contributed by atoms with Crippen molar-refractivity contribution in [2.45, 2.75) is 38.6 Å². The lowest BCUT2D eigenvalue weighted by atomic mass is 9.96. The Kier molecular flexibility index (Phi) is 4.62. The van der Waals surface area contributed by atoms with Crippen LogP contribution in [0.3, 0.4) is 0 Å². The molecule has 3 N–H and O–H groups in total. The van der Waals surface area contributed by atoms with E-state index in [1.807, 2.05) is 23.7 Å². The molecule has 1 saturated heterocycles. The fraction of sp³-hybridized carbons (Fsp3) is 0.400. The summed E-state index contributed by atoms with van der Waals surface area (Å²) in [6.07, 6.45) is 8.16. The topological polar surface area (TPSA) is 79.4 Å². The zero-order valence-electron chi connectivity index (χ0n) is 16.0. The van der Waals surface area contributed by atoms with Gasteiger partial charge in [-0.05, 0) is 57.3 Å². The molecule has 0 aliphatic carbocycles. The van der Waals surface area contributed by atoms with E-state index < -0.39 is 0 Å². The molecular formula is C20H24N6OS. The third-order valence-electron chi connectivity index (χ3n) is 5.26. The molecule has 0 radical (unpaired) electrons. The first kappa shape index (κ1) is 17.8. The Labute approximate surface area is 168 Å². The van der Waals surface area contributed by atoms with E-state index in [2.05, 4.69) is 39.5 Å². The van der Waals surface area contributed by atoms with Gasteiger partial charge in [0.2, 0.25) is 0 Å². The molecule has 0 aromatic carbocycles. The zero-order chi connectivity index (χ0) is 19.1. The molecule has 5 rings (SSSR count). The Balaban J connectivity index is 1.62. The van der Waals surface area contributed by atoms with Gasteiger partial charge in [-0.3, -0.25) is 4.72 Å². The largest absolute Gasteiger partial charge is 0.469 e. The summed E-state index contributed by atoms with van der Waals surface area (Å²) in [5, 5.41) is 12.8. The molecule has 2 unspecified atom stereocenters. The van der Waals surface area contributed by atoms with Gasteiger partial charge in [-0.15, -0.1) is 0 Å². The summed E-state index contributed by atoms with van der Waals surface area (Å²) in [7, 11) is 0. The predicted octanol–water partition coefficient (Wildman–Crippen LogP) is 3.66. The zero-order valence-corrected chi connectivity index (χ0v) is 16.8. The number of piperidine rings is 1. The van der Waals surface area contributed by atoms with Gasteiger partial charge in [0.25, 0.3) is 0 Å². The van der Waals surface area contributed by atoms with E-state index in [4.69, 9.17) is 9.40 Å². The van der Waals surface area contributed by atoms with Crippen LogP contribution in [0, 0.1) is 6.92 Å². The van der Waals surface area contributed by atoms with Gasteiger partial charge in [-0.25, -0.2) is 4.98 Å². The number of nitrogens with zero attached hydrogens (tertiary/aromatic N) is 3. The summed E-state index contributed by atoms with van der Waals surface area (Å²) in [6, 6.07) is 4.52. The van der Waals surface area contributed by atoms with Crippen LogP contribution < -0.4 is 15.4 Å². The molecule has 3 aromatic rings. The molecule has 0 amide bonds. The number of hydrogen-bond donors (Lipinski definition) is 3. The highest BCUT2D eigenvalue weighted by Gasteiger charge is 2.22. The van der Waals surface area contributed by atoms with Crippen molar-refractivity contribution >= 4 is 23.4 Å². The van der Waals surface area contributed by atoms with Gasteiger partial charge in [0, 0.05) is 35.7 Å². The normalized spacial score (nSPS) is 22.6. The maximum absolute atomic E-state index is 5.52. The van der Waals surface area contributed by atoms with Crippen molar-refractivity contribution in [3.05, 3.63) is 47.2 Å². The van der Waals surface area contributed by atoms with E-state index in [0.29, 0.717) is 12.0 Å². The Morgan fingerprint density at radius 3 is 3.00 bits per heavy atom. The molecule has 0 bridgehead atoms. The van der Waals surface area contributed by atoms with Gasteiger partial charge in [0.1, 0.15) is 11.6 Å². The monoisotopic (exact) mass is 396 g/mol. The van der Waals surface area contributed by atoms with E-state index in [1.54, 1.807) is 18.2 Å². The Bertz CT molecular complexity index is 1030. The maximum Gasteiger partial charge on any atom is 0.165 e. The SMILES string of the molecule is Cc1cc(-c2cnn3c(NC4=CC(C)NS4)cc(C4CCCNC4)nc23)co1. The van der Waals surface area contributed by atoms with Crippen molar-refractivity contribution in [1.82, 2.24) is 24.6 Å². The van der Waals surface area contributed by atoms with Crippen molar-refractivity contribution in [2.75, 3.05) is 18.4 Å². The maximum atomic E-state index is 5.52. The lowest BCUT2D eigenvalue weighted by Gasteiger charge is -2.23. The van der Waals surface area contributed by atoms with Crippen molar-refractivity contribution in [3.8, 4) is 11.1 Å². The molecule has 146 valence electrons. The van der Waals surface area contributed by atoms with Crippen molar-refractivity contribution in [2.24, 2.45) is 0 Å². The quantitative estimate of drug-likeness (QED) is 0.581. The summed E-state index contributed by atoms with van der Waals surface area (Å²) in [5.74, 6) is 2.23. The minimum atomic E-state index is 0.342. The first-order valence-electron chi connectivity index (χ1n) is 9.73. The minimum absolute atomic E-state index is 0.342. The molecule has 2 atom stereocenters. The van der Waals surface area contributed by atoms with E-state index in [0.717, 1.165) is 58.6 Å². The van der Waals surface area contributed by atoms with Crippen LogP contribution in [0.25, 0.3) is 16.8 Å². The number of anilines is 1. The molecule has 0 saturated carbocycles. The highest BCUT2D eigenvalue weighted by atomic mass is 32.2. The molecule has 7 nitrogen and oxygen atoms in total. The fourth-order valence-electron chi connectivity index (χ4n) is 3.82. The van der Waals surface area contributed by atoms with Gasteiger partial charge in [0.05, 0.1) is 23.2 Å². The Hall–Kier alpha value is -2.29. The number of rotatable bonds is 4. The second-order valence-electron chi connectivity index (χ2n) is 7.51. The third-order valence-corrected chi connectivity index (χ3v) is 6.20. The second kappa shape index (κ2) is 7.27. The van der Waals surface area contributed by atoms with Gasteiger partial charge in [-0.1, -0.05) is 0 Å². The molecule has 3 aromatic heterocycles. The standard InChI is InChI=1S/C20H24N6OS/c1-12-6-19(28-25-12)24-18-8-17(14-4-3-5-21-9-14)23-20-16(10-22-26(18)20)15-7-13(2)27-11-15/h6-8,10-12,14,21,24-25H,3-5,9H2,1-2H3. The van der Waals surface area contributed by atoms with Gasteiger partial charge >= 0.3 is 0 Å². The average molecular weight is 397 g/mol. The molecule has 0 spiro atoms. The molecule has 2 aliphatic heterocycles. The predicted molar refractivity (Wildman–Crippen MR) is 112 cm³/mol. The number of nitrogens with one attached hydrogen (secondary N) is 3. The average Bonchev–Trinajstić information content (AvgIpc) is 3.42. The first-order chi connectivity index (χ1) is 13.7. The molecular weight excluding hydrogens is 372 g/mol. The van der Waals surface area contributed by atoms with Crippen molar-refractivity contribution in [3.63, 3.8) is 0 Å². The number of aryl methyl sites for hydroxylation is 1. The van der Waals surface area contributed by atoms with Crippen LogP contribution in [-0.2, 0) is 0 Å². The Morgan fingerprint density at radius 2 is 2.29 bits per heavy atom. The highest BCUT2D eigenvalue weighted by Crippen LogP contribution is 2.32. The van der Waals surface area contributed by atoms with Crippen LogP contribution in [0.15, 0.2) is 40.1 Å². The number of fused-ring (bicyclic) bond motifs is 1. The van der Waals surface area contributed by atoms with Crippen molar-refractivity contribution < 1.29 is 4.42 Å². The fourth-order valence-corrected chi connectivity index (χ4v) is 4.63. The number of hydrogen-bond acceptors (Lipinski definition) is 7. The van der Waals surface area contributed by atoms with Crippen LogP contribution in [0.4, 0.5) is 5.82 Å². The lowest BCUT2D eigenvalue weighted by molar-refractivity contribution is 0.455. The third kappa shape index (κ3) is 3.32. The Morgan fingerprint density at radius 1 is 1.36 bits per heavy atom. The van der Waals surface area contributed by atoms with Gasteiger partial charge in [0.15, 0.2) is 5.65 Å². The van der Waals surface area contributed by atoms with Crippen molar-refractivity contribution in [1.29, 1.82) is 0 Å². The number of aromatic nitrogens is 3. The van der Waals surface area contributed by atoms with Crippen LogP contribution in [0.5, 0.6) is 0 Å². The van der Waals surface area contributed by atoms with Gasteiger partial charge in [-0.2, -0.15) is 9.61 Å². The smallest absolute Gasteiger partial charge is 0.165 e. The lowest BCUT2D eigenvalue weighted by Crippen LogP contribution is -2.29. The summed E-state index contributed by atoms with van der Waals surface area (Å²) in [6.45, 7) is 6.14. The summed E-state index contributed by atoms with van der Waals surface area (Å²) in [4.78, 5) is 5.03. The molecule has 2 aliphatic rings. The van der Waals surface area contributed by atoms with E-state index >= 15 is 0 Å². The minimum Gasteiger partial charge on any atom is -0.469 e. The second-order valence-corrected chi connectivity index (χ2v) is 8.39. The van der Waals surface area contributed by atoms with E-state index in [1.165, 1.54) is 6.42 Å². The van der Waals surface area contributed by atoms with E-state index in [-0.39, 0.29) is 0 Å². The van der Waals surface area contributed by atoms with Crippen LogP contribution in [0.1, 0.15) is 37.1 Å². The molecule has 8 heteroatoms. The number of furan rings is 1. The first-order valence-corrected chi connectivity index (χ1v) is 10.5. The summed E-state index contributed by atoms with van der Waals surface area (Å²) < 4.78 is 10.8. The molecule has 1 fully saturated rings. The van der Waals surface area contributed by atoms with Gasteiger partial charge < -0.3 is 15.1 Å². The highest BCUT2D eigenvalue weighted by molar-refractivity contribution is 8.01. The molecule has 5 heterocycles. The van der Waals surface area contributed by atoms with Crippen LogP contribution in [-0.4, -0.2) is 33.7 Å². The van der Waals surface area contributed by atoms with Crippen LogP contribution >= 0.6 is 11.9 Å². The summed E-state index contributed by atoms with van der Waals surface area (Å²) in [5.41, 5.74) is 3.96. The molecule has 28 heavy (non-hydrogen) atoms. The van der Waals surface area contributed by atoms with E-state index in [9.17, 15) is 0 Å².